The van der Waals surface area contributed by atoms with E-state index >= 15 is 0 Å². The van der Waals surface area contributed by atoms with E-state index in [2.05, 4.69) is 10.6 Å². The second-order valence-electron chi connectivity index (χ2n) is 5.68. The van der Waals surface area contributed by atoms with Gasteiger partial charge in [0.15, 0.2) is 0 Å². The molecule has 3 nitrogen and oxygen atoms in total. The molecule has 0 aromatic heterocycles. The largest absolute Gasteiger partial charge is 0.353 e. The molecule has 1 aromatic rings. The van der Waals surface area contributed by atoms with E-state index in [1.54, 1.807) is 0 Å². The van der Waals surface area contributed by atoms with Gasteiger partial charge in [-0.1, -0.05) is 29.8 Å². The van der Waals surface area contributed by atoms with Gasteiger partial charge in [0.05, 0.1) is 0 Å². The van der Waals surface area contributed by atoms with Gasteiger partial charge in [0.25, 0.3) is 0 Å². The molecular weight excluding hydrogens is 272 g/mol. The Morgan fingerprint density at radius 2 is 2.30 bits per heavy atom. The zero-order valence-electron chi connectivity index (χ0n) is 12.0. The Hall–Kier alpha value is -1.06. The van der Waals surface area contributed by atoms with Crippen molar-refractivity contribution in [3.63, 3.8) is 0 Å². The summed E-state index contributed by atoms with van der Waals surface area (Å²) in [7, 11) is 0. The lowest BCUT2D eigenvalue weighted by Gasteiger charge is -2.23. The summed E-state index contributed by atoms with van der Waals surface area (Å²) in [5, 5.41) is 7.19. The Kier molecular flexibility index (Phi) is 5.86. The van der Waals surface area contributed by atoms with E-state index in [1.807, 2.05) is 31.2 Å². The van der Waals surface area contributed by atoms with E-state index in [9.17, 15) is 4.79 Å². The molecule has 0 radical (unpaired) electrons. The average molecular weight is 295 g/mol. The van der Waals surface area contributed by atoms with Crippen LogP contribution in [0.1, 0.15) is 31.7 Å². The molecule has 2 N–H and O–H groups in total. The second kappa shape index (κ2) is 7.65. The van der Waals surface area contributed by atoms with Gasteiger partial charge in [-0.3, -0.25) is 4.79 Å². The SMILES string of the molecule is CC(Cc1ccccc1Cl)NC(=O)CC1CCCNC1. The van der Waals surface area contributed by atoms with Crippen molar-refractivity contribution in [2.75, 3.05) is 13.1 Å². The molecule has 1 fully saturated rings. The van der Waals surface area contributed by atoms with Crippen LogP contribution in [0.15, 0.2) is 24.3 Å². The minimum Gasteiger partial charge on any atom is -0.353 e. The van der Waals surface area contributed by atoms with Crippen LogP contribution in [0.4, 0.5) is 0 Å². The third-order valence-corrected chi connectivity index (χ3v) is 4.13. The quantitative estimate of drug-likeness (QED) is 0.877. The van der Waals surface area contributed by atoms with Crippen molar-refractivity contribution in [3.8, 4) is 0 Å². The number of hydrogen-bond acceptors (Lipinski definition) is 2. The maximum Gasteiger partial charge on any atom is 0.220 e. The summed E-state index contributed by atoms with van der Waals surface area (Å²) in [6, 6.07) is 7.91. The number of nitrogens with one attached hydrogen (secondary N) is 2. The van der Waals surface area contributed by atoms with Crippen LogP contribution in [-0.4, -0.2) is 25.0 Å². The lowest BCUT2D eigenvalue weighted by atomic mass is 9.95. The summed E-state index contributed by atoms with van der Waals surface area (Å²) in [6.07, 6.45) is 3.72. The summed E-state index contributed by atoms with van der Waals surface area (Å²) in [5.74, 6) is 0.634. The predicted octanol–water partition coefficient (Wildman–Crippen LogP) is 2.78. The Morgan fingerprint density at radius 1 is 1.50 bits per heavy atom. The highest BCUT2D eigenvalue weighted by atomic mass is 35.5. The monoisotopic (exact) mass is 294 g/mol. The fourth-order valence-electron chi connectivity index (χ4n) is 2.74. The summed E-state index contributed by atoms with van der Waals surface area (Å²) < 4.78 is 0. The smallest absolute Gasteiger partial charge is 0.220 e. The molecular formula is C16H23ClN2O. The van der Waals surface area contributed by atoms with Gasteiger partial charge >= 0.3 is 0 Å². The van der Waals surface area contributed by atoms with Gasteiger partial charge in [-0.05, 0) is 56.8 Å². The van der Waals surface area contributed by atoms with Gasteiger partial charge in [-0.2, -0.15) is 0 Å². The molecule has 0 aliphatic carbocycles. The van der Waals surface area contributed by atoms with Crippen molar-refractivity contribution < 1.29 is 4.79 Å². The molecule has 20 heavy (non-hydrogen) atoms. The maximum absolute atomic E-state index is 12.0. The van der Waals surface area contributed by atoms with Crippen molar-refractivity contribution in [1.29, 1.82) is 0 Å². The fraction of sp³-hybridized carbons (Fsp3) is 0.562. The van der Waals surface area contributed by atoms with E-state index in [4.69, 9.17) is 11.6 Å². The zero-order chi connectivity index (χ0) is 14.4. The van der Waals surface area contributed by atoms with Crippen molar-refractivity contribution in [2.24, 2.45) is 5.92 Å². The number of halogens is 1. The number of amides is 1. The Labute approximate surface area is 126 Å². The van der Waals surface area contributed by atoms with Gasteiger partial charge in [0.2, 0.25) is 5.91 Å². The molecule has 1 saturated heterocycles. The predicted molar refractivity (Wildman–Crippen MR) is 83.0 cm³/mol. The summed E-state index contributed by atoms with van der Waals surface area (Å²) in [6.45, 7) is 4.08. The summed E-state index contributed by atoms with van der Waals surface area (Å²) in [5.41, 5.74) is 1.08. The molecule has 1 aromatic carbocycles. The molecule has 110 valence electrons. The minimum atomic E-state index is 0.110. The average Bonchev–Trinajstić information content (AvgIpc) is 2.42. The van der Waals surface area contributed by atoms with Crippen LogP contribution < -0.4 is 10.6 Å². The van der Waals surface area contributed by atoms with Gasteiger partial charge in [-0.25, -0.2) is 0 Å². The molecule has 0 bridgehead atoms. The molecule has 1 aliphatic heterocycles. The van der Waals surface area contributed by atoms with Gasteiger partial charge in [0.1, 0.15) is 0 Å². The van der Waals surface area contributed by atoms with Crippen LogP contribution >= 0.6 is 11.6 Å². The van der Waals surface area contributed by atoms with E-state index in [0.29, 0.717) is 12.3 Å². The topological polar surface area (TPSA) is 41.1 Å². The van der Waals surface area contributed by atoms with Crippen LogP contribution in [0.5, 0.6) is 0 Å². The van der Waals surface area contributed by atoms with Crippen LogP contribution in [-0.2, 0) is 11.2 Å². The maximum atomic E-state index is 12.0. The number of rotatable bonds is 5. The van der Waals surface area contributed by atoms with Gasteiger partial charge in [-0.15, -0.1) is 0 Å². The molecule has 0 saturated carbocycles. The Morgan fingerprint density at radius 3 is 3.00 bits per heavy atom. The molecule has 0 spiro atoms. The minimum absolute atomic E-state index is 0.110. The molecule has 1 amide bonds. The first-order valence-electron chi connectivity index (χ1n) is 7.38. The standard InChI is InChI=1S/C16H23ClN2O/c1-12(9-14-6-2-3-7-15(14)17)19-16(20)10-13-5-4-8-18-11-13/h2-3,6-7,12-13,18H,4-5,8-11H2,1H3,(H,19,20). The highest BCUT2D eigenvalue weighted by Gasteiger charge is 2.18. The first-order valence-corrected chi connectivity index (χ1v) is 7.76. The van der Waals surface area contributed by atoms with E-state index < -0.39 is 0 Å². The summed E-state index contributed by atoms with van der Waals surface area (Å²) in [4.78, 5) is 12.0. The van der Waals surface area contributed by atoms with E-state index in [-0.39, 0.29) is 11.9 Å². The molecule has 1 heterocycles. The number of benzene rings is 1. The Balaban J connectivity index is 1.77. The third kappa shape index (κ3) is 4.80. The normalized spacial score (nSPS) is 20.4. The van der Waals surface area contributed by atoms with Crippen LogP contribution in [0, 0.1) is 5.92 Å². The second-order valence-corrected chi connectivity index (χ2v) is 6.09. The first-order chi connectivity index (χ1) is 9.65. The van der Waals surface area contributed by atoms with E-state index in [1.165, 1.54) is 6.42 Å². The molecule has 2 atom stereocenters. The molecule has 2 rings (SSSR count). The molecule has 1 aliphatic rings. The van der Waals surface area contributed by atoms with Crippen LogP contribution in [0.3, 0.4) is 0 Å². The van der Waals surface area contributed by atoms with Crippen molar-refractivity contribution in [2.45, 2.75) is 38.6 Å². The van der Waals surface area contributed by atoms with Gasteiger partial charge in [0, 0.05) is 17.5 Å². The first kappa shape index (κ1) is 15.3. The van der Waals surface area contributed by atoms with Crippen molar-refractivity contribution in [1.82, 2.24) is 10.6 Å². The van der Waals surface area contributed by atoms with E-state index in [0.717, 1.165) is 36.5 Å². The molecule has 4 heteroatoms. The number of carbonyl (C=O) groups excluding carboxylic acids is 1. The van der Waals surface area contributed by atoms with Crippen molar-refractivity contribution in [3.05, 3.63) is 34.9 Å². The Bertz CT molecular complexity index is 444. The fourth-order valence-corrected chi connectivity index (χ4v) is 2.95. The molecule has 2 unspecified atom stereocenters. The lowest BCUT2D eigenvalue weighted by molar-refractivity contribution is -0.122. The highest BCUT2D eigenvalue weighted by Crippen LogP contribution is 2.17. The zero-order valence-corrected chi connectivity index (χ0v) is 12.7. The third-order valence-electron chi connectivity index (χ3n) is 3.76. The van der Waals surface area contributed by atoms with Gasteiger partial charge < -0.3 is 10.6 Å². The lowest BCUT2D eigenvalue weighted by Crippen LogP contribution is -2.38. The number of piperidine rings is 1. The number of hydrogen-bond donors (Lipinski definition) is 2. The number of carbonyl (C=O) groups is 1. The van der Waals surface area contributed by atoms with Crippen LogP contribution in [0.2, 0.25) is 5.02 Å². The highest BCUT2D eigenvalue weighted by molar-refractivity contribution is 6.31. The summed E-state index contributed by atoms with van der Waals surface area (Å²) >= 11 is 6.14. The van der Waals surface area contributed by atoms with Crippen LogP contribution in [0.25, 0.3) is 0 Å². The van der Waals surface area contributed by atoms with Crippen molar-refractivity contribution >= 4 is 17.5 Å².